The maximum absolute atomic E-state index is 14.9. The predicted molar refractivity (Wildman–Crippen MR) is 281 cm³/mol. The van der Waals surface area contributed by atoms with Crippen LogP contribution in [0.4, 0.5) is 0 Å². The Morgan fingerprint density at radius 1 is 0.972 bits per heavy atom. The molecule has 1 aliphatic heterocycles. The van der Waals surface area contributed by atoms with Crippen molar-refractivity contribution in [2.45, 2.75) is 167 Å². The molecule has 12 aliphatic rings. The number of aromatic nitrogens is 2. The minimum absolute atomic E-state index is 0.109. The minimum atomic E-state index is -1.61. The maximum Gasteiger partial charge on any atom is 0.190 e. The molecular weight excluding hydrogens is 943 g/mol. The lowest BCUT2D eigenvalue weighted by Gasteiger charge is -2.66. The third kappa shape index (κ3) is 6.69. The van der Waals surface area contributed by atoms with Gasteiger partial charge in [-0.3, -0.25) is 9.79 Å². The van der Waals surface area contributed by atoms with Gasteiger partial charge in [0.2, 0.25) is 0 Å². The number of hydrogen-bond acceptors (Lipinski definition) is 11. The number of aliphatic hydroxyl groups is 6. The summed E-state index contributed by atoms with van der Waals surface area (Å²) in [6, 6.07) is 0.149. The highest BCUT2D eigenvalue weighted by Crippen LogP contribution is 2.78. The summed E-state index contributed by atoms with van der Waals surface area (Å²) in [7, 11) is 3.68. The lowest BCUT2D eigenvalue weighted by atomic mass is 9.39. The molecule has 2 heterocycles. The summed E-state index contributed by atoms with van der Waals surface area (Å²) in [5.41, 5.74) is 10.3. The van der Waals surface area contributed by atoms with Crippen molar-refractivity contribution in [1.29, 1.82) is 0 Å². The van der Waals surface area contributed by atoms with E-state index in [4.69, 9.17) is 10.7 Å². The number of aliphatic imine (C=N–C) groups is 1. The van der Waals surface area contributed by atoms with E-state index in [1.165, 1.54) is 38.5 Å². The number of allylic oxidation sites excluding steroid dienone is 3. The highest BCUT2D eigenvalue weighted by molar-refractivity contribution is 8.76. The van der Waals surface area contributed by atoms with Crippen LogP contribution in [0.25, 0.3) is 0 Å². The molecule has 72 heavy (non-hydrogen) atoms. The quantitative estimate of drug-likeness (QED) is 0.0479. The molecular formula is C58H83N5O7S2. The van der Waals surface area contributed by atoms with Gasteiger partial charge in [0, 0.05) is 65.6 Å². The Morgan fingerprint density at radius 2 is 1.79 bits per heavy atom. The first-order valence-corrected chi connectivity index (χ1v) is 31.0. The van der Waals surface area contributed by atoms with Crippen LogP contribution in [-0.4, -0.2) is 107 Å². The predicted octanol–water partition coefficient (Wildman–Crippen LogP) is 7.36. The van der Waals surface area contributed by atoms with Gasteiger partial charge in [0.1, 0.15) is 6.23 Å². The van der Waals surface area contributed by atoms with Gasteiger partial charge in [-0.2, -0.15) is 0 Å². The summed E-state index contributed by atoms with van der Waals surface area (Å²) in [6.07, 6.45) is 20.0. The van der Waals surface area contributed by atoms with Gasteiger partial charge in [-0.15, -0.1) is 0 Å². The molecule has 14 heteroatoms. The topological polar surface area (TPSA) is 207 Å². The molecule has 0 amide bonds. The zero-order valence-corrected chi connectivity index (χ0v) is 44.8. The van der Waals surface area contributed by atoms with Gasteiger partial charge in [0.15, 0.2) is 11.7 Å². The second kappa shape index (κ2) is 17.4. The maximum atomic E-state index is 14.9. The molecule has 0 aromatic carbocycles. The smallest absolute Gasteiger partial charge is 0.190 e. The second-order valence-corrected chi connectivity index (χ2v) is 29.6. The summed E-state index contributed by atoms with van der Waals surface area (Å²) < 4.78 is 2.32. The van der Waals surface area contributed by atoms with Crippen LogP contribution in [-0.2, 0) is 4.79 Å². The number of carbonyl (C=O) groups excluding carboxylic acids is 1. The molecule has 12 nitrogen and oxygen atoms in total. The van der Waals surface area contributed by atoms with Crippen molar-refractivity contribution < 1.29 is 35.4 Å². The molecule has 11 aliphatic carbocycles. The van der Waals surface area contributed by atoms with E-state index in [1.807, 2.05) is 23.3 Å². The van der Waals surface area contributed by atoms with Gasteiger partial charge < -0.3 is 46.3 Å². The molecule has 8 saturated carbocycles. The lowest BCUT2D eigenvalue weighted by Crippen LogP contribution is -2.70. The average molecular weight is 1030 g/mol. The zero-order valence-electron chi connectivity index (χ0n) is 43.2. The number of fused-ring (bicyclic) bond motifs is 10. The van der Waals surface area contributed by atoms with E-state index in [1.54, 1.807) is 46.1 Å². The Hall–Kier alpha value is -2.17. The number of carbonyl (C=O) groups is 1. The van der Waals surface area contributed by atoms with Gasteiger partial charge in [-0.25, -0.2) is 4.98 Å². The SMILES string of the molecule is CC(O)NC(N)=NCC1C2C(=CC(=O)C3CC(O)C(O)CC32C)C2(O)C3CSSCC(n4ccnc4)CC(C)(C)C4=C5CC6CCC7CCCC7(C6)C5C5=C6C(CCC5)C5CCC1C2(CO)C(C3)C5C(O)C64. The number of ketones is 1. The molecule has 1 spiro atoms. The van der Waals surface area contributed by atoms with Crippen molar-refractivity contribution in [1.82, 2.24) is 14.9 Å². The van der Waals surface area contributed by atoms with Crippen LogP contribution in [0.2, 0.25) is 0 Å². The molecule has 1 aromatic rings. The van der Waals surface area contributed by atoms with Crippen LogP contribution in [0.5, 0.6) is 0 Å². The fraction of sp³-hybridized carbons (Fsp3) is 0.810. The number of guanidine groups is 1. The van der Waals surface area contributed by atoms with Gasteiger partial charge in [0.25, 0.3) is 0 Å². The third-order valence-electron chi connectivity index (χ3n) is 23.9. The van der Waals surface area contributed by atoms with Gasteiger partial charge in [-0.05, 0) is 184 Å². The van der Waals surface area contributed by atoms with E-state index in [2.05, 4.69) is 41.8 Å². The Bertz CT molecular complexity index is 2480. The van der Waals surface area contributed by atoms with Crippen LogP contribution >= 0.6 is 21.6 Å². The van der Waals surface area contributed by atoms with E-state index in [-0.39, 0.29) is 90.6 Å². The summed E-state index contributed by atoms with van der Waals surface area (Å²) in [5.74, 6) is 1.32. The number of rotatable bonds is 5. The lowest BCUT2D eigenvalue weighted by molar-refractivity contribution is -0.209. The van der Waals surface area contributed by atoms with Gasteiger partial charge in [0.05, 0.1) is 36.8 Å². The third-order valence-corrected chi connectivity index (χ3v) is 26.4. The number of aliphatic hydroxyl groups excluding tert-OH is 5. The van der Waals surface area contributed by atoms with Crippen LogP contribution in [0.15, 0.2) is 57.7 Å². The first-order valence-electron chi connectivity index (χ1n) is 28.5. The number of nitrogens with zero attached hydrogens (tertiary/aromatic N) is 3. The van der Waals surface area contributed by atoms with Crippen molar-refractivity contribution >= 4 is 33.3 Å². The monoisotopic (exact) mass is 1030 g/mol. The summed E-state index contributed by atoms with van der Waals surface area (Å²) in [5, 5.41) is 78.1. The molecule has 6 bridgehead atoms. The second-order valence-electron chi connectivity index (χ2n) is 27.1. The average Bonchev–Trinajstić information content (AvgIpc) is 4.05. The number of hydrogen-bond donors (Lipinski definition) is 8. The summed E-state index contributed by atoms with van der Waals surface area (Å²) in [4.78, 5) is 24.5. The van der Waals surface area contributed by atoms with Gasteiger partial charge >= 0.3 is 0 Å². The van der Waals surface area contributed by atoms with E-state index in [9.17, 15) is 35.4 Å². The van der Waals surface area contributed by atoms with Crippen molar-refractivity contribution in [2.24, 2.45) is 109 Å². The van der Waals surface area contributed by atoms with Gasteiger partial charge in [-0.1, -0.05) is 71.1 Å². The zero-order chi connectivity index (χ0) is 50.0. The van der Waals surface area contributed by atoms with Crippen LogP contribution in [0, 0.1) is 98.6 Å². The summed E-state index contributed by atoms with van der Waals surface area (Å²) >= 11 is 0. The molecule has 9 fully saturated rings. The van der Waals surface area contributed by atoms with Crippen molar-refractivity contribution in [3.63, 3.8) is 0 Å². The fourth-order valence-electron chi connectivity index (χ4n) is 21.9. The first kappa shape index (κ1) is 49.4. The highest BCUT2D eigenvalue weighted by atomic mass is 33.1. The molecule has 1 saturated heterocycles. The Balaban J connectivity index is 1.05. The fourth-order valence-corrected chi connectivity index (χ4v) is 24.7. The Labute approximate surface area is 434 Å². The highest BCUT2D eigenvalue weighted by Gasteiger charge is 2.79. The molecule has 9 N–H and O–H groups in total. The van der Waals surface area contributed by atoms with E-state index < -0.39 is 52.8 Å². The molecule has 22 atom stereocenters. The Morgan fingerprint density at radius 3 is 2.57 bits per heavy atom. The molecule has 22 unspecified atom stereocenters. The number of nitrogens with one attached hydrogen (secondary N) is 1. The molecule has 13 rings (SSSR count). The number of nitrogens with two attached hydrogens (primary N) is 1. The van der Waals surface area contributed by atoms with Crippen molar-refractivity contribution in [2.75, 3.05) is 24.7 Å². The van der Waals surface area contributed by atoms with Crippen molar-refractivity contribution in [3.8, 4) is 0 Å². The standard InChI is InChI=1S/C58H83N5O7S2/c1-29(65)62-53(59)61-24-38-39-13-12-35-34-8-5-9-36-46(34)48-51(37-17-30-10-11-31-7-6-14-56(31,21-30)49(36)37)54(2,3)22-33(63-16-15-60-28-63)26-72-71-25-32-18-41(47(35)52(48)69)57(39,27-64)58(32,70)42-20-43(66)40-19-44(67)45(68)23-55(40,4)50(38)42/h15-16,20,28-35,38-41,44-45,47-50,52,64-65,67-70H,5-14,17-19,21-27H2,1-4H3,(H3,59,61,62). The number of imidazole rings is 1. The van der Waals surface area contributed by atoms with E-state index in [0.29, 0.717) is 40.9 Å². The normalized spacial score (nSPS) is 50.5. The van der Waals surface area contributed by atoms with E-state index >= 15 is 0 Å². The largest absolute Gasteiger partial charge is 0.396 e. The molecule has 394 valence electrons. The molecule has 0 radical (unpaired) electrons. The van der Waals surface area contributed by atoms with Crippen LogP contribution in [0.3, 0.4) is 0 Å². The van der Waals surface area contributed by atoms with E-state index in [0.717, 1.165) is 56.6 Å². The van der Waals surface area contributed by atoms with Crippen molar-refractivity contribution in [3.05, 3.63) is 52.7 Å². The van der Waals surface area contributed by atoms with Crippen LogP contribution in [0.1, 0.15) is 136 Å². The van der Waals surface area contributed by atoms with Crippen LogP contribution < -0.4 is 11.1 Å². The summed E-state index contributed by atoms with van der Waals surface area (Å²) in [6.45, 7) is 8.69. The minimum Gasteiger partial charge on any atom is -0.396 e. The first-order chi connectivity index (χ1) is 34.5. The molecule has 1 aromatic heterocycles. The Kier molecular flexibility index (Phi) is 12.0.